The van der Waals surface area contributed by atoms with Crippen LogP contribution in [0.25, 0.3) is 22.2 Å². The molecule has 0 aliphatic rings. The summed E-state index contributed by atoms with van der Waals surface area (Å²) in [7, 11) is -3.38. The van der Waals surface area contributed by atoms with Gasteiger partial charge in [0, 0.05) is 0 Å². The van der Waals surface area contributed by atoms with E-state index in [-0.39, 0.29) is 5.89 Å². The predicted octanol–water partition coefficient (Wildman–Crippen LogP) is 2.84. The molecule has 8 heteroatoms. The second-order valence-corrected chi connectivity index (χ2v) is 7.02. The molecule has 1 aromatic carbocycles. The molecule has 0 radical (unpaired) electrons. The van der Waals surface area contributed by atoms with E-state index in [1.54, 1.807) is 24.3 Å². The van der Waals surface area contributed by atoms with Crippen LogP contribution in [-0.2, 0) is 10.0 Å². The Morgan fingerprint density at radius 3 is 2.71 bits per heavy atom. The van der Waals surface area contributed by atoms with Gasteiger partial charge in [-0.25, -0.2) is 8.42 Å². The Balaban J connectivity index is 2.01. The first-order chi connectivity index (χ1) is 10.0. The van der Waals surface area contributed by atoms with Crippen molar-refractivity contribution in [3.8, 4) is 22.2 Å². The van der Waals surface area contributed by atoms with Gasteiger partial charge in [-0.3, -0.25) is 4.72 Å². The molecule has 21 heavy (non-hydrogen) atoms. The van der Waals surface area contributed by atoms with Crippen LogP contribution in [0.2, 0.25) is 0 Å². The summed E-state index contributed by atoms with van der Waals surface area (Å²) in [4.78, 5) is 5.20. The van der Waals surface area contributed by atoms with Gasteiger partial charge in [0.25, 0.3) is 5.89 Å². The number of rotatable bonds is 4. The smallest absolute Gasteiger partial charge is 0.260 e. The maximum atomic E-state index is 11.4. The Bertz CT molecular complexity index is 854. The van der Waals surface area contributed by atoms with Gasteiger partial charge < -0.3 is 4.52 Å². The summed E-state index contributed by atoms with van der Waals surface area (Å²) < 4.78 is 30.5. The van der Waals surface area contributed by atoms with Crippen molar-refractivity contribution in [2.45, 2.75) is 0 Å². The van der Waals surface area contributed by atoms with Gasteiger partial charge >= 0.3 is 0 Å². The van der Waals surface area contributed by atoms with E-state index in [1.807, 2.05) is 17.5 Å². The number of nitrogens with one attached hydrogen (secondary N) is 1. The molecule has 0 unspecified atom stereocenters. The minimum Gasteiger partial charge on any atom is -0.334 e. The molecular formula is C13H11N3O3S2. The molecule has 0 bridgehead atoms. The summed E-state index contributed by atoms with van der Waals surface area (Å²) in [6.45, 7) is 0. The van der Waals surface area contributed by atoms with Crippen molar-refractivity contribution < 1.29 is 12.9 Å². The third-order valence-corrected chi connectivity index (χ3v) is 4.08. The average Bonchev–Trinajstić information content (AvgIpc) is 3.08. The molecule has 0 saturated carbocycles. The molecule has 0 aliphatic carbocycles. The van der Waals surface area contributed by atoms with E-state index in [1.165, 1.54) is 11.3 Å². The molecule has 3 aromatic rings. The highest BCUT2D eigenvalue weighted by molar-refractivity contribution is 7.92. The van der Waals surface area contributed by atoms with Crippen molar-refractivity contribution in [2.24, 2.45) is 0 Å². The maximum Gasteiger partial charge on any atom is 0.260 e. The van der Waals surface area contributed by atoms with Gasteiger partial charge in [0.05, 0.1) is 22.4 Å². The molecule has 2 heterocycles. The van der Waals surface area contributed by atoms with Crippen molar-refractivity contribution in [1.29, 1.82) is 0 Å². The summed E-state index contributed by atoms with van der Waals surface area (Å²) in [5, 5.41) is 5.84. The molecule has 108 valence electrons. The van der Waals surface area contributed by atoms with Gasteiger partial charge in [0.2, 0.25) is 15.8 Å². The van der Waals surface area contributed by atoms with Gasteiger partial charge in [0.15, 0.2) is 0 Å². The van der Waals surface area contributed by atoms with Crippen molar-refractivity contribution in [3.05, 3.63) is 41.8 Å². The molecule has 0 spiro atoms. The summed E-state index contributed by atoms with van der Waals surface area (Å²) in [6, 6.07) is 10.7. The first-order valence-electron chi connectivity index (χ1n) is 5.98. The predicted molar refractivity (Wildman–Crippen MR) is 81.5 cm³/mol. The summed E-state index contributed by atoms with van der Waals surface area (Å²) >= 11 is 1.50. The zero-order valence-corrected chi connectivity index (χ0v) is 12.6. The second-order valence-electron chi connectivity index (χ2n) is 4.32. The zero-order chi connectivity index (χ0) is 14.9. The number of hydrogen-bond donors (Lipinski definition) is 1. The van der Waals surface area contributed by atoms with Crippen LogP contribution >= 0.6 is 11.3 Å². The van der Waals surface area contributed by atoms with Crippen LogP contribution in [0, 0.1) is 0 Å². The standard InChI is InChI=1S/C13H11N3O3S2/c1-21(17,18)16-10-6-3-2-5-9(10)13-14-12(15-19-13)11-7-4-8-20-11/h2-8,16H,1H3. The summed E-state index contributed by atoms with van der Waals surface area (Å²) in [5.74, 6) is 0.749. The molecular weight excluding hydrogens is 310 g/mol. The lowest BCUT2D eigenvalue weighted by molar-refractivity contribution is 0.432. The molecule has 0 atom stereocenters. The highest BCUT2D eigenvalue weighted by atomic mass is 32.2. The fourth-order valence-electron chi connectivity index (χ4n) is 1.80. The summed E-state index contributed by atoms with van der Waals surface area (Å²) in [5.41, 5.74) is 0.944. The molecule has 0 fully saturated rings. The topological polar surface area (TPSA) is 85.1 Å². The van der Waals surface area contributed by atoms with Crippen molar-refractivity contribution in [2.75, 3.05) is 11.0 Å². The lowest BCUT2D eigenvalue weighted by atomic mass is 10.2. The Kier molecular flexibility index (Phi) is 3.48. The first-order valence-corrected chi connectivity index (χ1v) is 8.75. The van der Waals surface area contributed by atoms with E-state index < -0.39 is 10.0 Å². The summed E-state index contributed by atoms with van der Waals surface area (Å²) in [6.07, 6.45) is 1.09. The van der Waals surface area contributed by atoms with Crippen molar-refractivity contribution >= 4 is 27.0 Å². The average molecular weight is 321 g/mol. The lowest BCUT2D eigenvalue weighted by Gasteiger charge is -2.06. The highest BCUT2D eigenvalue weighted by Gasteiger charge is 2.15. The van der Waals surface area contributed by atoms with E-state index in [4.69, 9.17) is 4.52 Å². The van der Waals surface area contributed by atoms with Gasteiger partial charge in [-0.1, -0.05) is 23.4 Å². The van der Waals surface area contributed by atoms with E-state index in [2.05, 4.69) is 14.9 Å². The fourth-order valence-corrected chi connectivity index (χ4v) is 3.02. The zero-order valence-electron chi connectivity index (χ0n) is 11.0. The monoisotopic (exact) mass is 321 g/mol. The Morgan fingerprint density at radius 2 is 2.00 bits per heavy atom. The van der Waals surface area contributed by atoms with Gasteiger partial charge in [-0.2, -0.15) is 4.98 Å². The maximum absolute atomic E-state index is 11.4. The lowest BCUT2D eigenvalue weighted by Crippen LogP contribution is -2.10. The van der Waals surface area contributed by atoms with Gasteiger partial charge in [-0.15, -0.1) is 11.3 Å². The van der Waals surface area contributed by atoms with Crippen LogP contribution in [0.3, 0.4) is 0 Å². The Morgan fingerprint density at radius 1 is 1.19 bits per heavy atom. The number of sulfonamides is 1. The number of benzene rings is 1. The van der Waals surface area contributed by atoms with E-state index in [0.29, 0.717) is 17.1 Å². The largest absolute Gasteiger partial charge is 0.334 e. The highest BCUT2D eigenvalue weighted by Crippen LogP contribution is 2.30. The minimum atomic E-state index is -3.38. The molecule has 0 aliphatic heterocycles. The van der Waals surface area contributed by atoms with Crippen LogP contribution < -0.4 is 4.72 Å². The second kappa shape index (κ2) is 5.30. The van der Waals surface area contributed by atoms with Crippen LogP contribution in [-0.4, -0.2) is 24.8 Å². The number of anilines is 1. The van der Waals surface area contributed by atoms with Crippen LogP contribution in [0.5, 0.6) is 0 Å². The van der Waals surface area contributed by atoms with Gasteiger partial charge in [0.1, 0.15) is 0 Å². The minimum absolute atomic E-state index is 0.269. The Labute approximate surface area is 125 Å². The third-order valence-electron chi connectivity index (χ3n) is 2.62. The van der Waals surface area contributed by atoms with Crippen LogP contribution in [0.1, 0.15) is 0 Å². The molecule has 2 aromatic heterocycles. The number of aromatic nitrogens is 2. The van der Waals surface area contributed by atoms with Crippen molar-refractivity contribution in [1.82, 2.24) is 10.1 Å². The Hall–Kier alpha value is -2.19. The quantitative estimate of drug-likeness (QED) is 0.798. The van der Waals surface area contributed by atoms with Crippen LogP contribution in [0.4, 0.5) is 5.69 Å². The number of hydrogen-bond acceptors (Lipinski definition) is 6. The molecule has 3 rings (SSSR count). The van der Waals surface area contributed by atoms with E-state index in [0.717, 1.165) is 11.1 Å². The molecule has 6 nitrogen and oxygen atoms in total. The van der Waals surface area contributed by atoms with Crippen molar-refractivity contribution in [3.63, 3.8) is 0 Å². The van der Waals surface area contributed by atoms with Crippen LogP contribution in [0.15, 0.2) is 46.3 Å². The van der Waals surface area contributed by atoms with Gasteiger partial charge in [-0.05, 0) is 23.6 Å². The molecule has 1 N–H and O–H groups in total. The van der Waals surface area contributed by atoms with E-state index in [9.17, 15) is 8.42 Å². The number of nitrogens with zero attached hydrogens (tertiary/aromatic N) is 2. The first kappa shape index (κ1) is 13.8. The normalized spacial score (nSPS) is 11.5. The number of para-hydroxylation sites is 1. The molecule has 0 amide bonds. The van der Waals surface area contributed by atoms with E-state index >= 15 is 0 Å². The number of thiophene rings is 1. The molecule has 0 saturated heterocycles. The third kappa shape index (κ3) is 3.11. The fraction of sp³-hybridized carbons (Fsp3) is 0.0769. The SMILES string of the molecule is CS(=O)(=O)Nc1ccccc1-c1nc(-c2cccs2)no1.